The minimum atomic E-state index is -1.07. The molecule has 0 aliphatic heterocycles. The Morgan fingerprint density at radius 2 is 1.84 bits per heavy atom. The zero-order chi connectivity index (χ0) is 22.7. The van der Waals surface area contributed by atoms with Crippen molar-refractivity contribution in [2.24, 2.45) is 5.73 Å². The number of nitrogens with zero attached hydrogens (tertiary/aromatic N) is 4. The zero-order valence-corrected chi connectivity index (χ0v) is 17.4. The lowest BCUT2D eigenvalue weighted by Crippen LogP contribution is -2.32. The molecule has 0 aliphatic rings. The molecule has 9 nitrogen and oxygen atoms in total. The van der Waals surface area contributed by atoms with Crippen LogP contribution in [0.2, 0.25) is 0 Å². The first-order valence-electron chi connectivity index (χ1n) is 10.1. The number of hydrogen-bond acceptors (Lipinski definition) is 8. The zero-order valence-electron chi connectivity index (χ0n) is 17.4. The molecule has 0 saturated carbocycles. The third kappa shape index (κ3) is 4.79. The maximum atomic E-state index is 10.9. The average molecular weight is 429 g/mol. The van der Waals surface area contributed by atoms with Crippen LogP contribution in [0.4, 0.5) is 11.9 Å². The van der Waals surface area contributed by atoms with Crippen LogP contribution in [0.5, 0.6) is 0 Å². The molecule has 4 aromatic rings. The first-order valence-corrected chi connectivity index (χ1v) is 10.1. The van der Waals surface area contributed by atoms with Crippen LogP contribution in [0.25, 0.3) is 22.2 Å². The number of carboxylic acids is 1. The summed E-state index contributed by atoms with van der Waals surface area (Å²) in [7, 11) is 0. The Morgan fingerprint density at radius 3 is 2.56 bits per heavy atom. The third-order valence-electron chi connectivity index (χ3n) is 5.10. The number of rotatable bonds is 7. The van der Waals surface area contributed by atoms with Gasteiger partial charge in [0.15, 0.2) is 5.82 Å². The van der Waals surface area contributed by atoms with Gasteiger partial charge in [0.05, 0.1) is 6.04 Å². The van der Waals surface area contributed by atoms with Gasteiger partial charge in [-0.1, -0.05) is 36.4 Å². The number of benzene rings is 2. The van der Waals surface area contributed by atoms with Crippen LogP contribution >= 0.6 is 0 Å². The molecule has 0 spiro atoms. The molecule has 32 heavy (non-hydrogen) atoms. The fourth-order valence-corrected chi connectivity index (χ4v) is 3.33. The van der Waals surface area contributed by atoms with Gasteiger partial charge in [-0.2, -0.15) is 15.0 Å². The van der Waals surface area contributed by atoms with Crippen molar-refractivity contribution in [3.63, 3.8) is 0 Å². The van der Waals surface area contributed by atoms with E-state index in [1.165, 1.54) is 5.39 Å². The summed E-state index contributed by atoms with van der Waals surface area (Å²) in [6.07, 6.45) is 1.69. The van der Waals surface area contributed by atoms with Crippen molar-refractivity contribution in [2.75, 3.05) is 11.1 Å². The Morgan fingerprint density at radius 1 is 1.06 bits per heavy atom. The van der Waals surface area contributed by atoms with Crippen molar-refractivity contribution in [2.45, 2.75) is 25.4 Å². The van der Waals surface area contributed by atoms with E-state index in [0.29, 0.717) is 23.0 Å². The van der Waals surface area contributed by atoms with Crippen LogP contribution in [-0.4, -0.2) is 37.1 Å². The van der Waals surface area contributed by atoms with E-state index in [-0.39, 0.29) is 18.4 Å². The van der Waals surface area contributed by atoms with Crippen molar-refractivity contribution >= 4 is 28.6 Å². The fraction of sp³-hybridized carbons (Fsp3) is 0.174. The molecule has 0 fully saturated rings. The first kappa shape index (κ1) is 21.1. The first-order chi connectivity index (χ1) is 15.4. The summed E-state index contributed by atoms with van der Waals surface area (Å²) in [5, 5.41) is 14.6. The maximum absolute atomic E-state index is 10.9. The van der Waals surface area contributed by atoms with Gasteiger partial charge < -0.3 is 21.9 Å². The number of anilines is 2. The molecule has 2 aromatic carbocycles. The number of carbonyl (C=O) groups is 1. The van der Waals surface area contributed by atoms with Crippen LogP contribution in [0.3, 0.4) is 0 Å². The van der Waals surface area contributed by atoms with Crippen LogP contribution in [-0.2, 0) is 11.2 Å². The van der Waals surface area contributed by atoms with Crippen LogP contribution in [0, 0.1) is 0 Å². The van der Waals surface area contributed by atoms with Gasteiger partial charge in [0.25, 0.3) is 0 Å². The molecule has 4 rings (SSSR count). The van der Waals surface area contributed by atoms with Gasteiger partial charge in [0.2, 0.25) is 11.9 Å². The average Bonchev–Trinajstić information content (AvgIpc) is 2.78. The van der Waals surface area contributed by atoms with Crippen molar-refractivity contribution < 1.29 is 9.90 Å². The van der Waals surface area contributed by atoms with Crippen LogP contribution in [0.1, 0.15) is 24.2 Å². The lowest BCUT2D eigenvalue weighted by atomic mass is 10.0. The highest BCUT2D eigenvalue weighted by Crippen LogP contribution is 2.24. The largest absolute Gasteiger partial charge is 0.480 e. The Labute approximate surface area is 184 Å². The maximum Gasteiger partial charge on any atom is 0.320 e. The van der Waals surface area contributed by atoms with E-state index in [1.54, 1.807) is 18.3 Å². The van der Waals surface area contributed by atoms with Crippen molar-refractivity contribution in [3.8, 4) is 11.4 Å². The van der Waals surface area contributed by atoms with Crippen molar-refractivity contribution in [1.82, 2.24) is 19.9 Å². The summed E-state index contributed by atoms with van der Waals surface area (Å²) < 4.78 is 0. The molecule has 0 radical (unpaired) electrons. The van der Waals surface area contributed by atoms with Gasteiger partial charge >= 0.3 is 5.97 Å². The standard InChI is InChI=1S/C23H23N7O2/c1-13(15-7-6-14-4-2-3-5-16(14)10-15)27-23-29-20(28-22(25)30-23)17-8-9-18(26-12-17)11-19(24)21(31)32/h2-10,12-13,19H,11,24H2,1H3,(H,31,32)(H3,25,27,28,29,30)/t13-,19+/m1/s1. The van der Waals surface area contributed by atoms with Crippen molar-refractivity contribution in [3.05, 3.63) is 72.1 Å². The van der Waals surface area contributed by atoms with Gasteiger partial charge in [-0.15, -0.1) is 0 Å². The third-order valence-corrected chi connectivity index (χ3v) is 5.10. The van der Waals surface area contributed by atoms with E-state index in [9.17, 15) is 4.79 Å². The Kier molecular flexibility index (Phi) is 5.91. The van der Waals surface area contributed by atoms with E-state index in [2.05, 4.69) is 55.6 Å². The summed E-state index contributed by atoms with van der Waals surface area (Å²) in [6.45, 7) is 2.02. The summed E-state index contributed by atoms with van der Waals surface area (Å²) in [5.41, 5.74) is 13.8. The molecular formula is C23H23N7O2. The Hall–Kier alpha value is -4.11. The number of nitrogens with one attached hydrogen (secondary N) is 1. The minimum Gasteiger partial charge on any atom is -0.480 e. The molecule has 9 heteroatoms. The molecule has 6 N–H and O–H groups in total. The van der Waals surface area contributed by atoms with Gasteiger partial charge in [-0.3, -0.25) is 9.78 Å². The minimum absolute atomic E-state index is 0.0627. The summed E-state index contributed by atoms with van der Waals surface area (Å²) >= 11 is 0. The predicted molar refractivity (Wildman–Crippen MR) is 123 cm³/mol. The number of nitrogen functional groups attached to an aromatic ring is 1. The number of hydrogen-bond donors (Lipinski definition) is 4. The smallest absolute Gasteiger partial charge is 0.320 e. The van der Waals surface area contributed by atoms with E-state index in [0.717, 1.165) is 10.9 Å². The molecule has 0 amide bonds. The predicted octanol–water partition coefficient (Wildman–Crippen LogP) is 2.80. The normalized spacial score (nSPS) is 12.9. The van der Waals surface area contributed by atoms with E-state index >= 15 is 0 Å². The number of carboxylic acid groups (broad SMARTS) is 1. The second-order valence-electron chi connectivity index (χ2n) is 7.50. The number of nitrogens with two attached hydrogens (primary N) is 2. The molecule has 2 heterocycles. The van der Waals surface area contributed by atoms with Gasteiger partial charge in [0, 0.05) is 23.9 Å². The Bertz CT molecular complexity index is 1260. The van der Waals surface area contributed by atoms with Gasteiger partial charge in [-0.25, -0.2) is 0 Å². The quantitative estimate of drug-likeness (QED) is 0.347. The molecular weight excluding hydrogens is 406 g/mol. The molecule has 2 aromatic heterocycles. The highest BCUT2D eigenvalue weighted by atomic mass is 16.4. The number of fused-ring (bicyclic) bond motifs is 1. The lowest BCUT2D eigenvalue weighted by molar-refractivity contribution is -0.138. The Balaban J connectivity index is 1.53. The molecule has 2 atom stereocenters. The van der Waals surface area contributed by atoms with Crippen LogP contribution < -0.4 is 16.8 Å². The highest BCUT2D eigenvalue weighted by Gasteiger charge is 2.14. The van der Waals surface area contributed by atoms with E-state index in [4.69, 9.17) is 16.6 Å². The molecule has 162 valence electrons. The number of pyridine rings is 1. The summed E-state index contributed by atoms with van der Waals surface area (Å²) in [5.74, 6) is -0.269. The molecule has 0 saturated heterocycles. The fourth-order valence-electron chi connectivity index (χ4n) is 3.33. The summed E-state index contributed by atoms with van der Waals surface area (Å²) in [4.78, 5) is 28.1. The number of aliphatic carboxylic acids is 1. The van der Waals surface area contributed by atoms with E-state index in [1.807, 2.05) is 19.1 Å². The van der Waals surface area contributed by atoms with Gasteiger partial charge in [-0.05, 0) is 41.5 Å². The second-order valence-corrected chi connectivity index (χ2v) is 7.50. The van der Waals surface area contributed by atoms with E-state index < -0.39 is 12.0 Å². The summed E-state index contributed by atoms with van der Waals surface area (Å²) in [6, 6.07) is 16.8. The van der Waals surface area contributed by atoms with Crippen molar-refractivity contribution in [1.29, 1.82) is 0 Å². The molecule has 0 aliphatic carbocycles. The van der Waals surface area contributed by atoms with Crippen LogP contribution in [0.15, 0.2) is 60.8 Å². The van der Waals surface area contributed by atoms with Gasteiger partial charge in [0.1, 0.15) is 6.04 Å². The topological polar surface area (TPSA) is 153 Å². The molecule has 0 unspecified atom stereocenters. The SMILES string of the molecule is C[C@@H](Nc1nc(N)nc(-c2ccc(C[C@H](N)C(=O)O)nc2)n1)c1ccc2ccccc2c1. The monoisotopic (exact) mass is 429 g/mol. The second kappa shape index (κ2) is 8.94. The molecule has 0 bridgehead atoms. The number of aromatic nitrogens is 4. The lowest BCUT2D eigenvalue weighted by Gasteiger charge is -2.15. The highest BCUT2D eigenvalue weighted by molar-refractivity contribution is 5.83.